The zero-order valence-corrected chi connectivity index (χ0v) is 19.4. The molecule has 12 heteroatoms. The first kappa shape index (κ1) is 25.4. The Morgan fingerprint density at radius 3 is 2.15 bits per heavy atom. The molecular formula is C22H19ClF4N2O5. The van der Waals surface area contributed by atoms with Crippen LogP contribution in [0.2, 0.25) is 5.02 Å². The molecule has 3 aromatic rings. The van der Waals surface area contributed by atoms with Crippen LogP contribution in [0.4, 0.5) is 17.6 Å². The Morgan fingerprint density at radius 1 is 1.09 bits per heavy atom. The van der Waals surface area contributed by atoms with Crippen molar-refractivity contribution in [1.82, 2.24) is 9.13 Å². The van der Waals surface area contributed by atoms with E-state index in [1.165, 1.54) is 33.8 Å². The molecule has 1 atom stereocenters. The summed E-state index contributed by atoms with van der Waals surface area (Å²) in [4.78, 5) is 49.8. The van der Waals surface area contributed by atoms with E-state index in [9.17, 15) is 32.3 Å². The van der Waals surface area contributed by atoms with Gasteiger partial charge in [-0.1, -0.05) is 18.5 Å². The molecule has 2 aromatic heterocycles. The van der Waals surface area contributed by atoms with E-state index >= 15 is 4.39 Å². The number of halogens is 5. The lowest BCUT2D eigenvalue weighted by molar-refractivity contribution is -0.144. The van der Waals surface area contributed by atoms with Crippen LogP contribution in [0.25, 0.3) is 16.7 Å². The van der Waals surface area contributed by atoms with Gasteiger partial charge in [-0.25, -0.2) is 13.8 Å². The first-order chi connectivity index (χ1) is 15.5. The molecule has 1 aromatic carbocycles. The summed E-state index contributed by atoms with van der Waals surface area (Å²) in [6.07, 6.45) is -5.00. The van der Waals surface area contributed by atoms with Gasteiger partial charge in [0.25, 0.3) is 5.56 Å². The number of ketones is 2. The fraction of sp³-hybridized carbons (Fsp3) is 0.364. The van der Waals surface area contributed by atoms with Crippen LogP contribution < -0.4 is 11.2 Å². The Balaban J connectivity index is 2.39. The first-order valence-electron chi connectivity index (χ1n) is 9.87. The van der Waals surface area contributed by atoms with Crippen LogP contribution in [0.3, 0.4) is 0 Å². The van der Waals surface area contributed by atoms with Crippen molar-refractivity contribution in [2.24, 2.45) is 12.5 Å². The van der Waals surface area contributed by atoms with Gasteiger partial charge in [-0.05, 0) is 32.9 Å². The lowest BCUT2D eigenvalue weighted by Gasteiger charge is -2.29. The van der Waals surface area contributed by atoms with Crippen molar-refractivity contribution in [3.63, 3.8) is 0 Å². The van der Waals surface area contributed by atoms with Gasteiger partial charge < -0.3 is 4.42 Å². The second-order valence-electron chi connectivity index (χ2n) is 8.16. The zero-order valence-electron chi connectivity index (χ0n) is 18.6. The number of fused-ring (bicyclic) bond motifs is 1. The van der Waals surface area contributed by atoms with Gasteiger partial charge >= 0.3 is 11.9 Å². The van der Waals surface area contributed by atoms with Gasteiger partial charge in [-0.3, -0.25) is 19.0 Å². The number of rotatable bonds is 5. The Labute approximate surface area is 194 Å². The normalized spacial score (nSPS) is 13.4. The highest BCUT2D eigenvalue weighted by atomic mass is 35.5. The second-order valence-corrected chi connectivity index (χ2v) is 8.57. The number of furan rings is 1. The molecule has 1 unspecified atom stereocenters. The molecule has 2 heterocycles. The monoisotopic (exact) mass is 502 g/mol. The van der Waals surface area contributed by atoms with Gasteiger partial charge in [0.05, 0.1) is 10.4 Å². The lowest BCUT2D eigenvalue weighted by atomic mass is 9.71. The molecule has 0 radical (unpaired) electrons. The fourth-order valence-corrected chi connectivity index (χ4v) is 4.03. The van der Waals surface area contributed by atoms with E-state index < -0.39 is 63.1 Å². The van der Waals surface area contributed by atoms with Crippen LogP contribution >= 0.6 is 11.6 Å². The molecule has 34 heavy (non-hydrogen) atoms. The topological polar surface area (TPSA) is 91.3 Å². The average Bonchev–Trinajstić information content (AvgIpc) is 3.16. The minimum atomic E-state index is -5.00. The van der Waals surface area contributed by atoms with Gasteiger partial charge in [0, 0.05) is 24.4 Å². The molecule has 0 aliphatic rings. The molecule has 0 N–H and O–H groups in total. The van der Waals surface area contributed by atoms with E-state index in [0.29, 0.717) is 0 Å². The van der Waals surface area contributed by atoms with Crippen molar-refractivity contribution in [2.45, 2.75) is 39.8 Å². The van der Waals surface area contributed by atoms with E-state index in [-0.39, 0.29) is 31.4 Å². The summed E-state index contributed by atoms with van der Waals surface area (Å²) in [5.41, 5.74) is -7.09. The summed E-state index contributed by atoms with van der Waals surface area (Å²) < 4.78 is 60.7. The number of carbonyl (C=O) groups is 2. The number of alkyl halides is 3. The van der Waals surface area contributed by atoms with Crippen LogP contribution in [-0.4, -0.2) is 20.7 Å². The summed E-state index contributed by atoms with van der Waals surface area (Å²) in [5, 5.41) is -0.147. The summed E-state index contributed by atoms with van der Waals surface area (Å²) >= 11 is 6.12. The number of hydrogen-bond donors (Lipinski definition) is 0. The van der Waals surface area contributed by atoms with Gasteiger partial charge in [-0.15, -0.1) is 0 Å². The van der Waals surface area contributed by atoms with Crippen molar-refractivity contribution < 1.29 is 31.6 Å². The smallest absolute Gasteiger partial charge is 0.431 e. The molecule has 0 amide bonds. The molecule has 7 nitrogen and oxygen atoms in total. The Hall–Kier alpha value is -3.21. The third kappa shape index (κ3) is 3.77. The Morgan fingerprint density at radius 2 is 1.65 bits per heavy atom. The summed E-state index contributed by atoms with van der Waals surface area (Å²) in [7, 11) is 0.785. The third-order valence-electron chi connectivity index (χ3n) is 6.29. The average molecular weight is 503 g/mol. The van der Waals surface area contributed by atoms with Gasteiger partial charge in [0.15, 0.2) is 11.4 Å². The van der Waals surface area contributed by atoms with E-state index in [0.717, 1.165) is 13.1 Å². The second kappa shape index (κ2) is 8.23. The highest BCUT2D eigenvalue weighted by molar-refractivity contribution is 6.35. The SMILES string of the molecule is CC(=O)C(C)(C(C)=O)C(C)c1cc2c(Cl)cc(F)c(-n3c(=O)cc(C(F)(F)F)n(C)c3=O)c2o1. The summed E-state index contributed by atoms with van der Waals surface area (Å²) in [5.74, 6) is -2.97. The van der Waals surface area contributed by atoms with E-state index in [2.05, 4.69) is 0 Å². The molecule has 3 rings (SSSR count). The molecule has 0 aliphatic heterocycles. The van der Waals surface area contributed by atoms with Gasteiger partial charge in [-0.2, -0.15) is 13.2 Å². The lowest BCUT2D eigenvalue weighted by Crippen LogP contribution is -2.41. The van der Waals surface area contributed by atoms with Crippen molar-refractivity contribution in [3.8, 4) is 5.69 Å². The molecule has 0 aliphatic carbocycles. The molecule has 0 fully saturated rings. The maximum Gasteiger partial charge on any atom is 0.431 e. The number of aromatic nitrogens is 2. The van der Waals surface area contributed by atoms with E-state index in [4.69, 9.17) is 16.0 Å². The quantitative estimate of drug-likeness (QED) is 0.381. The number of nitrogens with zero attached hydrogens (tertiary/aromatic N) is 2. The molecule has 0 saturated carbocycles. The Kier molecular flexibility index (Phi) is 6.15. The largest absolute Gasteiger partial charge is 0.458 e. The summed E-state index contributed by atoms with van der Waals surface area (Å²) in [6.45, 7) is 5.39. The minimum absolute atomic E-state index is 0.0217. The van der Waals surface area contributed by atoms with Crippen LogP contribution in [0, 0.1) is 11.2 Å². The van der Waals surface area contributed by atoms with Crippen molar-refractivity contribution in [2.75, 3.05) is 0 Å². The predicted molar refractivity (Wildman–Crippen MR) is 115 cm³/mol. The molecule has 0 saturated heterocycles. The minimum Gasteiger partial charge on any atom is -0.458 e. The van der Waals surface area contributed by atoms with E-state index in [1.54, 1.807) is 0 Å². The van der Waals surface area contributed by atoms with Crippen LogP contribution in [0.1, 0.15) is 45.1 Å². The zero-order chi connectivity index (χ0) is 25.9. The fourth-order valence-electron chi connectivity index (χ4n) is 3.80. The van der Waals surface area contributed by atoms with Crippen LogP contribution in [0.15, 0.2) is 32.2 Å². The predicted octanol–water partition coefficient (Wildman–Crippen LogP) is 4.38. The number of carbonyl (C=O) groups excluding carboxylic acids is 2. The number of benzene rings is 1. The molecular weight excluding hydrogens is 484 g/mol. The first-order valence-corrected chi connectivity index (χ1v) is 10.2. The van der Waals surface area contributed by atoms with Crippen molar-refractivity contribution in [1.29, 1.82) is 0 Å². The van der Waals surface area contributed by atoms with Crippen molar-refractivity contribution in [3.05, 3.63) is 61.3 Å². The van der Waals surface area contributed by atoms with Crippen LogP contribution in [0.5, 0.6) is 0 Å². The van der Waals surface area contributed by atoms with Gasteiger partial charge in [0.2, 0.25) is 0 Å². The number of hydrogen-bond acceptors (Lipinski definition) is 5. The maximum atomic E-state index is 15.0. The summed E-state index contributed by atoms with van der Waals surface area (Å²) in [6, 6.07) is 2.27. The number of Topliss-reactive ketones (excluding diaryl/α,β-unsaturated/α-hetero) is 2. The molecule has 182 valence electrons. The molecule has 0 spiro atoms. The highest BCUT2D eigenvalue weighted by Gasteiger charge is 2.43. The molecule has 0 bridgehead atoms. The van der Waals surface area contributed by atoms with Crippen LogP contribution in [-0.2, 0) is 22.8 Å². The van der Waals surface area contributed by atoms with Gasteiger partial charge in [0.1, 0.15) is 28.7 Å². The Bertz CT molecular complexity index is 1450. The van der Waals surface area contributed by atoms with Crippen molar-refractivity contribution >= 4 is 34.1 Å². The standard InChI is InChI=1S/C22H19ClF4N2O5/c1-9(21(4,10(2)30)11(3)31)15-6-12-13(23)7-14(24)18(19(12)34-15)29-17(32)8-16(22(25,26)27)28(5)20(29)33/h6-9H,1-5H3. The maximum absolute atomic E-state index is 15.0. The van der Waals surface area contributed by atoms with E-state index in [1.807, 2.05) is 0 Å². The third-order valence-corrected chi connectivity index (χ3v) is 6.61. The highest BCUT2D eigenvalue weighted by Crippen LogP contribution is 2.42.